The molecule has 2 aromatic rings. The van der Waals surface area contributed by atoms with Gasteiger partial charge in [0.25, 0.3) is 0 Å². The average molecular weight is 270 g/mol. The second-order valence-electron chi connectivity index (χ2n) is 5.48. The molecule has 0 spiro atoms. The van der Waals surface area contributed by atoms with Crippen LogP contribution < -0.4 is 0 Å². The van der Waals surface area contributed by atoms with Gasteiger partial charge in [-0.1, -0.05) is 18.2 Å². The summed E-state index contributed by atoms with van der Waals surface area (Å²) in [6, 6.07) is 7.07. The predicted molar refractivity (Wildman–Crippen MR) is 72.2 cm³/mol. The van der Waals surface area contributed by atoms with Crippen LogP contribution in [0.15, 0.2) is 24.3 Å². The summed E-state index contributed by atoms with van der Waals surface area (Å²) >= 11 is 0. The molecule has 3 heterocycles. The van der Waals surface area contributed by atoms with Crippen molar-refractivity contribution in [2.45, 2.75) is 31.3 Å². The first kappa shape index (κ1) is 11.5. The van der Waals surface area contributed by atoms with E-state index in [1.807, 2.05) is 24.3 Å². The van der Waals surface area contributed by atoms with E-state index in [9.17, 15) is 14.7 Å². The summed E-state index contributed by atoms with van der Waals surface area (Å²) in [5.41, 5.74) is 3.10. The van der Waals surface area contributed by atoms with Crippen LogP contribution in [0.4, 0.5) is 0 Å². The van der Waals surface area contributed by atoms with Crippen LogP contribution in [0.25, 0.3) is 10.9 Å². The van der Waals surface area contributed by atoms with Gasteiger partial charge in [0.1, 0.15) is 6.04 Å². The molecule has 4 rings (SSSR count). The third-order valence-electron chi connectivity index (χ3n) is 4.45. The van der Waals surface area contributed by atoms with Gasteiger partial charge in [0, 0.05) is 29.4 Å². The van der Waals surface area contributed by atoms with Crippen molar-refractivity contribution in [1.82, 2.24) is 9.88 Å². The van der Waals surface area contributed by atoms with E-state index in [2.05, 4.69) is 4.98 Å². The number of carbonyl (C=O) groups is 2. The lowest BCUT2D eigenvalue weighted by molar-refractivity contribution is -0.150. The number of fused-ring (bicyclic) bond motifs is 5. The highest BCUT2D eigenvalue weighted by atomic mass is 16.4. The van der Waals surface area contributed by atoms with Gasteiger partial charge in [-0.15, -0.1) is 0 Å². The number of rotatable bonds is 1. The lowest BCUT2D eigenvalue weighted by atomic mass is 9.92. The monoisotopic (exact) mass is 270 g/mol. The Balaban J connectivity index is 1.94. The molecule has 1 aromatic heterocycles. The second kappa shape index (κ2) is 3.85. The number of hydrogen-bond donors (Lipinski definition) is 2. The van der Waals surface area contributed by atoms with Crippen LogP contribution in [0, 0.1) is 0 Å². The molecule has 0 saturated carbocycles. The van der Waals surface area contributed by atoms with Gasteiger partial charge in [-0.2, -0.15) is 0 Å². The highest BCUT2D eigenvalue weighted by Gasteiger charge is 2.45. The maximum absolute atomic E-state index is 12.0. The molecule has 0 radical (unpaired) electrons. The minimum atomic E-state index is -0.916. The summed E-state index contributed by atoms with van der Waals surface area (Å²) < 4.78 is 0. The molecule has 2 aliphatic rings. The maximum Gasteiger partial charge on any atom is 0.326 e. The van der Waals surface area contributed by atoms with E-state index in [1.165, 1.54) is 0 Å². The number of aromatic amines is 1. The van der Waals surface area contributed by atoms with Gasteiger partial charge in [0.15, 0.2) is 0 Å². The number of hydrogen-bond acceptors (Lipinski definition) is 2. The summed E-state index contributed by atoms with van der Waals surface area (Å²) in [6.07, 6.45) is 1.52. The Morgan fingerprint density at radius 1 is 1.35 bits per heavy atom. The van der Waals surface area contributed by atoms with E-state index in [-0.39, 0.29) is 11.9 Å². The van der Waals surface area contributed by atoms with Gasteiger partial charge < -0.3 is 15.0 Å². The Hall–Kier alpha value is -2.30. The Morgan fingerprint density at radius 3 is 2.95 bits per heavy atom. The molecule has 2 unspecified atom stereocenters. The maximum atomic E-state index is 12.0. The topological polar surface area (TPSA) is 73.4 Å². The van der Waals surface area contributed by atoms with Gasteiger partial charge in [0.2, 0.25) is 5.91 Å². The number of para-hydroxylation sites is 1. The molecule has 0 aliphatic carbocycles. The highest BCUT2D eigenvalue weighted by molar-refractivity contribution is 5.91. The SMILES string of the molecule is O=C(O)C1Cc2c([nH]c3ccccc23)C2CCC(=O)N12. The molecule has 1 fully saturated rings. The van der Waals surface area contributed by atoms with Crippen LogP contribution in [0.1, 0.15) is 30.1 Å². The Kier molecular flexibility index (Phi) is 2.22. The quantitative estimate of drug-likeness (QED) is 0.830. The Labute approximate surface area is 115 Å². The zero-order chi connectivity index (χ0) is 13.9. The fourth-order valence-electron chi connectivity index (χ4n) is 3.60. The van der Waals surface area contributed by atoms with Gasteiger partial charge >= 0.3 is 5.97 Å². The second-order valence-corrected chi connectivity index (χ2v) is 5.48. The van der Waals surface area contributed by atoms with Crippen LogP contribution in [0.3, 0.4) is 0 Å². The third-order valence-corrected chi connectivity index (χ3v) is 4.45. The third kappa shape index (κ3) is 1.37. The number of carboxylic acid groups (broad SMARTS) is 1. The Bertz CT molecular complexity index is 734. The van der Waals surface area contributed by atoms with Gasteiger partial charge in [-0.25, -0.2) is 4.79 Å². The van der Waals surface area contributed by atoms with Crippen LogP contribution >= 0.6 is 0 Å². The summed E-state index contributed by atoms with van der Waals surface area (Å²) in [4.78, 5) is 28.4. The molecule has 0 bridgehead atoms. The summed E-state index contributed by atoms with van der Waals surface area (Å²) in [6.45, 7) is 0. The Morgan fingerprint density at radius 2 is 2.15 bits per heavy atom. The number of carboxylic acids is 1. The zero-order valence-corrected chi connectivity index (χ0v) is 10.8. The minimum absolute atomic E-state index is 0.0493. The fourth-order valence-corrected chi connectivity index (χ4v) is 3.60. The first-order valence-electron chi connectivity index (χ1n) is 6.80. The van der Waals surface area contributed by atoms with Crippen molar-refractivity contribution in [1.29, 1.82) is 0 Å². The van der Waals surface area contributed by atoms with E-state index in [1.54, 1.807) is 4.90 Å². The van der Waals surface area contributed by atoms with E-state index in [0.717, 1.165) is 22.2 Å². The van der Waals surface area contributed by atoms with Crippen LogP contribution in [-0.4, -0.2) is 32.9 Å². The normalized spacial score (nSPS) is 24.8. The smallest absolute Gasteiger partial charge is 0.326 e. The molecule has 1 aromatic carbocycles. The lowest BCUT2D eigenvalue weighted by Gasteiger charge is -2.35. The zero-order valence-electron chi connectivity index (χ0n) is 10.8. The average Bonchev–Trinajstić information content (AvgIpc) is 2.99. The number of benzene rings is 1. The number of H-pyrrole nitrogens is 1. The number of aromatic nitrogens is 1. The first-order chi connectivity index (χ1) is 9.66. The molecule has 2 N–H and O–H groups in total. The van der Waals surface area contributed by atoms with Gasteiger partial charge in [-0.05, 0) is 18.1 Å². The highest BCUT2D eigenvalue weighted by Crippen LogP contribution is 2.43. The largest absolute Gasteiger partial charge is 0.480 e. The number of amides is 1. The molecule has 5 heteroatoms. The van der Waals surface area contributed by atoms with Crippen LogP contribution in [0.2, 0.25) is 0 Å². The lowest BCUT2D eigenvalue weighted by Crippen LogP contribution is -2.47. The molecular formula is C15H14N2O3. The molecular weight excluding hydrogens is 256 g/mol. The van der Waals surface area contributed by atoms with Crippen molar-refractivity contribution in [2.75, 3.05) is 0 Å². The standard InChI is InChI=1S/C15H14N2O3/c18-13-6-5-11-14-9(7-12(15(19)20)17(11)13)8-3-1-2-4-10(8)16-14/h1-4,11-12,16H,5-7H2,(H,19,20). The predicted octanol–water partition coefficient (Wildman–Crippen LogP) is 1.84. The molecule has 5 nitrogen and oxygen atoms in total. The van der Waals surface area contributed by atoms with Crippen molar-refractivity contribution in [3.05, 3.63) is 35.5 Å². The first-order valence-corrected chi connectivity index (χ1v) is 6.80. The molecule has 2 aliphatic heterocycles. The summed E-state index contributed by atoms with van der Waals surface area (Å²) in [7, 11) is 0. The van der Waals surface area contributed by atoms with Gasteiger partial charge in [0.05, 0.1) is 6.04 Å². The van der Waals surface area contributed by atoms with Gasteiger partial charge in [-0.3, -0.25) is 4.79 Å². The van der Waals surface area contributed by atoms with Crippen molar-refractivity contribution in [3.63, 3.8) is 0 Å². The number of aliphatic carboxylic acids is 1. The molecule has 1 saturated heterocycles. The molecule has 20 heavy (non-hydrogen) atoms. The van der Waals surface area contributed by atoms with E-state index in [0.29, 0.717) is 19.3 Å². The number of nitrogens with zero attached hydrogens (tertiary/aromatic N) is 1. The molecule has 2 atom stereocenters. The number of nitrogens with one attached hydrogen (secondary N) is 1. The van der Waals surface area contributed by atoms with Crippen molar-refractivity contribution < 1.29 is 14.7 Å². The fraction of sp³-hybridized carbons (Fsp3) is 0.333. The van der Waals surface area contributed by atoms with E-state index < -0.39 is 12.0 Å². The van der Waals surface area contributed by atoms with Crippen molar-refractivity contribution in [3.8, 4) is 0 Å². The van der Waals surface area contributed by atoms with Crippen LogP contribution in [0.5, 0.6) is 0 Å². The van der Waals surface area contributed by atoms with Crippen molar-refractivity contribution >= 4 is 22.8 Å². The summed E-state index contributed by atoms with van der Waals surface area (Å²) in [5, 5.41) is 10.5. The van der Waals surface area contributed by atoms with E-state index >= 15 is 0 Å². The molecule has 1 amide bonds. The molecule has 102 valence electrons. The van der Waals surface area contributed by atoms with E-state index in [4.69, 9.17) is 0 Å². The summed E-state index contributed by atoms with van der Waals surface area (Å²) in [5.74, 6) is -0.965. The van der Waals surface area contributed by atoms with Crippen LogP contribution in [-0.2, 0) is 16.0 Å². The number of carbonyl (C=O) groups excluding carboxylic acids is 1. The van der Waals surface area contributed by atoms with Crippen molar-refractivity contribution in [2.24, 2.45) is 0 Å². The minimum Gasteiger partial charge on any atom is -0.480 e.